The molecule has 3 aromatic rings. The summed E-state index contributed by atoms with van der Waals surface area (Å²) >= 11 is 0. The molecule has 0 aliphatic rings. The molecule has 0 aliphatic carbocycles. The summed E-state index contributed by atoms with van der Waals surface area (Å²) in [6, 6.07) is 24.7. The van der Waals surface area contributed by atoms with Gasteiger partial charge in [0.2, 0.25) is 0 Å². The third-order valence-corrected chi connectivity index (χ3v) is 4.56. The molecule has 0 saturated carbocycles. The summed E-state index contributed by atoms with van der Waals surface area (Å²) in [4.78, 5) is -0.0827. The molecule has 0 bridgehead atoms. The van der Waals surface area contributed by atoms with Crippen LogP contribution in [0.15, 0.2) is 83.8 Å². The van der Waals surface area contributed by atoms with Crippen LogP contribution in [0.3, 0.4) is 0 Å². The number of benzene rings is 3. The van der Waals surface area contributed by atoms with E-state index in [1.165, 1.54) is 17.7 Å². The predicted molar refractivity (Wildman–Crippen MR) is 90.9 cm³/mol. The Bertz CT molecular complexity index is 882. The van der Waals surface area contributed by atoms with Gasteiger partial charge in [0.25, 0.3) is 10.1 Å². The van der Waals surface area contributed by atoms with Crippen molar-refractivity contribution in [1.29, 1.82) is 0 Å². The third kappa shape index (κ3) is 3.86. The van der Waals surface area contributed by atoms with Crippen LogP contribution in [-0.2, 0) is 16.5 Å². The van der Waals surface area contributed by atoms with Gasteiger partial charge in [0.1, 0.15) is 0 Å². The Kier molecular flexibility index (Phi) is 4.28. The molecule has 3 rings (SSSR count). The zero-order valence-electron chi connectivity index (χ0n) is 12.4. The van der Waals surface area contributed by atoms with Crippen molar-refractivity contribution < 1.29 is 13.0 Å². The van der Waals surface area contributed by atoms with Crippen LogP contribution in [0.4, 0.5) is 0 Å². The van der Waals surface area contributed by atoms with Crippen LogP contribution >= 0.6 is 0 Å². The average Bonchev–Trinajstić information content (AvgIpc) is 2.56. The van der Waals surface area contributed by atoms with E-state index in [2.05, 4.69) is 36.4 Å². The van der Waals surface area contributed by atoms with E-state index in [0.29, 0.717) is 6.42 Å². The van der Waals surface area contributed by atoms with Gasteiger partial charge in [-0.1, -0.05) is 66.7 Å². The van der Waals surface area contributed by atoms with E-state index in [9.17, 15) is 8.42 Å². The molecule has 0 atom stereocenters. The first-order chi connectivity index (χ1) is 11.0. The summed E-state index contributed by atoms with van der Waals surface area (Å²) in [6.45, 7) is 0. The molecule has 0 spiro atoms. The molecule has 1 N–H and O–H groups in total. The van der Waals surface area contributed by atoms with Gasteiger partial charge in [-0.2, -0.15) is 8.42 Å². The monoisotopic (exact) mass is 324 g/mol. The Hall–Kier alpha value is -2.43. The van der Waals surface area contributed by atoms with Crippen LogP contribution in [0, 0.1) is 0 Å². The molecule has 4 heteroatoms. The molecular weight excluding hydrogens is 308 g/mol. The van der Waals surface area contributed by atoms with Crippen molar-refractivity contribution >= 4 is 10.1 Å². The van der Waals surface area contributed by atoms with Crippen molar-refractivity contribution in [2.45, 2.75) is 11.3 Å². The fourth-order valence-corrected chi connectivity index (χ4v) is 2.94. The first-order valence-electron chi connectivity index (χ1n) is 7.23. The maximum Gasteiger partial charge on any atom is 0.294 e. The highest BCUT2D eigenvalue weighted by Crippen LogP contribution is 2.20. The quantitative estimate of drug-likeness (QED) is 0.732. The maximum atomic E-state index is 11.0. The Labute approximate surface area is 136 Å². The fraction of sp³-hybridized carbons (Fsp3) is 0.0526. The first-order valence-corrected chi connectivity index (χ1v) is 8.67. The van der Waals surface area contributed by atoms with Crippen LogP contribution in [0.2, 0.25) is 0 Å². The SMILES string of the molecule is O=S(=O)(O)c1ccc(Cc2ccc(-c3ccccc3)cc2)cc1. The predicted octanol–water partition coefficient (Wildman–Crippen LogP) is 4.19. The summed E-state index contributed by atoms with van der Waals surface area (Å²) < 4.78 is 31.0. The van der Waals surface area contributed by atoms with Gasteiger partial charge in [0.15, 0.2) is 0 Å². The van der Waals surface area contributed by atoms with E-state index in [4.69, 9.17) is 4.55 Å². The molecule has 3 aromatic carbocycles. The second-order valence-corrected chi connectivity index (χ2v) is 6.78. The molecule has 23 heavy (non-hydrogen) atoms. The lowest BCUT2D eigenvalue weighted by molar-refractivity contribution is 0.483. The van der Waals surface area contributed by atoms with Crippen molar-refractivity contribution in [1.82, 2.24) is 0 Å². The number of rotatable bonds is 4. The van der Waals surface area contributed by atoms with E-state index in [1.54, 1.807) is 12.1 Å². The van der Waals surface area contributed by atoms with Crippen LogP contribution in [0.25, 0.3) is 11.1 Å². The lowest BCUT2D eigenvalue weighted by Crippen LogP contribution is -1.98. The summed E-state index contributed by atoms with van der Waals surface area (Å²) in [5.74, 6) is 0. The molecule has 116 valence electrons. The molecular formula is C19H16O3S. The minimum absolute atomic E-state index is 0.0827. The van der Waals surface area contributed by atoms with Crippen molar-refractivity contribution in [2.24, 2.45) is 0 Å². The van der Waals surface area contributed by atoms with Gasteiger partial charge in [-0.25, -0.2) is 0 Å². The van der Waals surface area contributed by atoms with Crippen LogP contribution < -0.4 is 0 Å². The Morgan fingerprint density at radius 3 is 1.65 bits per heavy atom. The van der Waals surface area contributed by atoms with Crippen molar-refractivity contribution in [2.75, 3.05) is 0 Å². The van der Waals surface area contributed by atoms with Gasteiger partial charge in [-0.15, -0.1) is 0 Å². The molecule has 0 heterocycles. The minimum atomic E-state index is -4.13. The largest absolute Gasteiger partial charge is 0.294 e. The molecule has 0 fully saturated rings. The summed E-state index contributed by atoms with van der Waals surface area (Å²) in [6.07, 6.45) is 0.709. The van der Waals surface area contributed by atoms with E-state index >= 15 is 0 Å². The van der Waals surface area contributed by atoms with Crippen LogP contribution in [0.1, 0.15) is 11.1 Å². The first kappa shape index (κ1) is 15.5. The topological polar surface area (TPSA) is 54.4 Å². The Morgan fingerprint density at radius 2 is 1.13 bits per heavy atom. The lowest BCUT2D eigenvalue weighted by Gasteiger charge is -2.06. The number of hydrogen-bond acceptors (Lipinski definition) is 2. The summed E-state index contributed by atoms with van der Waals surface area (Å²) in [5, 5.41) is 0. The second kappa shape index (κ2) is 6.36. The number of hydrogen-bond donors (Lipinski definition) is 1. The minimum Gasteiger partial charge on any atom is -0.282 e. The zero-order chi connectivity index (χ0) is 16.3. The highest BCUT2D eigenvalue weighted by atomic mass is 32.2. The van der Waals surface area contributed by atoms with E-state index in [0.717, 1.165) is 16.7 Å². The highest BCUT2D eigenvalue weighted by Gasteiger charge is 2.08. The van der Waals surface area contributed by atoms with Gasteiger partial charge in [-0.3, -0.25) is 4.55 Å². The van der Waals surface area contributed by atoms with E-state index in [-0.39, 0.29) is 4.90 Å². The van der Waals surface area contributed by atoms with Crippen molar-refractivity contribution in [3.63, 3.8) is 0 Å². The third-order valence-electron chi connectivity index (χ3n) is 3.69. The van der Waals surface area contributed by atoms with Gasteiger partial charge in [0, 0.05) is 0 Å². The van der Waals surface area contributed by atoms with E-state index < -0.39 is 10.1 Å². The zero-order valence-corrected chi connectivity index (χ0v) is 13.2. The highest BCUT2D eigenvalue weighted by molar-refractivity contribution is 7.85. The molecule has 0 amide bonds. The van der Waals surface area contributed by atoms with E-state index in [1.807, 2.05) is 18.2 Å². The molecule has 0 aliphatic heterocycles. The average molecular weight is 324 g/mol. The molecule has 3 nitrogen and oxygen atoms in total. The molecule has 0 aromatic heterocycles. The Morgan fingerprint density at radius 1 is 0.652 bits per heavy atom. The summed E-state index contributed by atoms with van der Waals surface area (Å²) in [7, 11) is -4.13. The van der Waals surface area contributed by atoms with Gasteiger partial charge in [-0.05, 0) is 40.8 Å². The smallest absolute Gasteiger partial charge is 0.282 e. The van der Waals surface area contributed by atoms with Crippen molar-refractivity contribution in [3.8, 4) is 11.1 Å². The summed E-state index contributed by atoms with van der Waals surface area (Å²) in [5.41, 5.74) is 4.47. The van der Waals surface area contributed by atoms with Gasteiger partial charge in [0.05, 0.1) is 4.90 Å². The fourth-order valence-electron chi connectivity index (χ4n) is 2.46. The van der Waals surface area contributed by atoms with Gasteiger partial charge >= 0.3 is 0 Å². The maximum absolute atomic E-state index is 11.0. The van der Waals surface area contributed by atoms with Crippen LogP contribution in [-0.4, -0.2) is 13.0 Å². The normalized spacial score (nSPS) is 11.3. The lowest BCUT2D eigenvalue weighted by atomic mass is 10.0. The van der Waals surface area contributed by atoms with Crippen LogP contribution in [0.5, 0.6) is 0 Å². The Balaban J connectivity index is 1.76. The molecule has 0 radical (unpaired) electrons. The molecule has 0 saturated heterocycles. The molecule has 0 unspecified atom stereocenters. The second-order valence-electron chi connectivity index (χ2n) is 5.36. The van der Waals surface area contributed by atoms with Crippen molar-refractivity contribution in [3.05, 3.63) is 90.0 Å². The standard InChI is InChI=1S/C19H16O3S/c20-23(21,22)19-12-8-16(9-13-19)14-15-6-10-18(11-7-15)17-4-2-1-3-5-17/h1-13H,14H2,(H,20,21,22). The van der Waals surface area contributed by atoms with Gasteiger partial charge < -0.3 is 0 Å².